The van der Waals surface area contributed by atoms with Gasteiger partial charge in [0, 0.05) is 6.04 Å². The summed E-state index contributed by atoms with van der Waals surface area (Å²) in [6.45, 7) is 5.27. The minimum absolute atomic E-state index is 0.193. The highest BCUT2D eigenvalue weighted by atomic mass is 32.2. The first-order chi connectivity index (χ1) is 7.95. The van der Waals surface area contributed by atoms with Gasteiger partial charge in [0.05, 0.1) is 22.4 Å². The molecule has 0 aliphatic rings. The average Bonchev–Trinajstić information content (AvgIpc) is 2.28. The molecule has 96 valence electrons. The van der Waals surface area contributed by atoms with Crippen LogP contribution in [0.25, 0.3) is 0 Å². The molecule has 0 spiro atoms. The van der Waals surface area contributed by atoms with E-state index in [1.54, 1.807) is 0 Å². The minimum Gasteiger partial charge on any atom is -0.251 e. The molecule has 1 N–H and O–H groups in total. The van der Waals surface area contributed by atoms with Crippen molar-refractivity contribution in [2.24, 2.45) is 0 Å². The van der Waals surface area contributed by atoms with Crippen LogP contribution in [-0.4, -0.2) is 15.6 Å². The molecule has 0 radical (unpaired) electrons. The van der Waals surface area contributed by atoms with Gasteiger partial charge in [-0.25, -0.2) is 8.93 Å². The molecule has 4 heteroatoms. The summed E-state index contributed by atoms with van der Waals surface area (Å²) in [7, 11) is -1.19. The van der Waals surface area contributed by atoms with Crippen LogP contribution in [0.5, 0.6) is 0 Å². The predicted octanol–water partition coefficient (Wildman–Crippen LogP) is 3.14. The van der Waals surface area contributed by atoms with Crippen LogP contribution in [0.4, 0.5) is 4.39 Å². The van der Waals surface area contributed by atoms with E-state index in [0.29, 0.717) is 6.42 Å². The summed E-state index contributed by atoms with van der Waals surface area (Å²) in [5.74, 6) is 0. The van der Waals surface area contributed by atoms with Crippen LogP contribution < -0.4 is 4.72 Å². The van der Waals surface area contributed by atoms with Crippen LogP contribution in [0.2, 0.25) is 0 Å². The highest BCUT2D eigenvalue weighted by Crippen LogP contribution is 2.20. The van der Waals surface area contributed by atoms with E-state index in [2.05, 4.69) is 4.72 Å². The van der Waals surface area contributed by atoms with E-state index in [1.165, 1.54) is 0 Å². The van der Waals surface area contributed by atoms with Crippen LogP contribution in [0.15, 0.2) is 30.3 Å². The zero-order valence-corrected chi connectivity index (χ0v) is 11.4. The topological polar surface area (TPSA) is 29.1 Å². The second-order valence-electron chi connectivity index (χ2n) is 4.94. The third-order valence-electron chi connectivity index (χ3n) is 2.41. The van der Waals surface area contributed by atoms with Crippen LogP contribution >= 0.6 is 0 Å². The predicted molar refractivity (Wildman–Crippen MR) is 70.8 cm³/mol. The van der Waals surface area contributed by atoms with Crippen LogP contribution in [0, 0.1) is 0 Å². The molecule has 0 fully saturated rings. The number of nitrogens with one attached hydrogen (secondary N) is 1. The first kappa shape index (κ1) is 14.3. The van der Waals surface area contributed by atoms with Crippen molar-refractivity contribution in [1.29, 1.82) is 0 Å². The largest absolute Gasteiger partial charge is 0.251 e. The van der Waals surface area contributed by atoms with Crippen molar-refractivity contribution in [1.82, 2.24) is 4.72 Å². The highest BCUT2D eigenvalue weighted by molar-refractivity contribution is 7.84. The molecule has 0 saturated carbocycles. The lowest BCUT2D eigenvalue weighted by Gasteiger charge is -2.24. The van der Waals surface area contributed by atoms with E-state index in [4.69, 9.17) is 0 Å². The van der Waals surface area contributed by atoms with E-state index >= 15 is 0 Å². The van der Waals surface area contributed by atoms with E-state index < -0.39 is 17.7 Å². The van der Waals surface area contributed by atoms with Gasteiger partial charge in [-0.1, -0.05) is 30.3 Å². The Morgan fingerprint density at radius 2 is 1.88 bits per heavy atom. The summed E-state index contributed by atoms with van der Waals surface area (Å²) in [5.41, 5.74) is 0.975. The van der Waals surface area contributed by atoms with Crippen molar-refractivity contribution in [3.05, 3.63) is 35.9 Å². The maximum Gasteiger partial charge on any atom is 0.0975 e. The van der Waals surface area contributed by atoms with Gasteiger partial charge in [-0.05, 0) is 32.8 Å². The SMILES string of the molecule is CC(C)(C)[S@](=O)N[C@@H](CCF)c1ccccc1. The van der Waals surface area contributed by atoms with Gasteiger partial charge in [0.25, 0.3) is 0 Å². The van der Waals surface area contributed by atoms with Gasteiger partial charge in [-0.3, -0.25) is 4.39 Å². The van der Waals surface area contributed by atoms with Gasteiger partial charge < -0.3 is 0 Å². The Balaban J connectivity index is 2.78. The first-order valence-electron chi connectivity index (χ1n) is 5.74. The van der Waals surface area contributed by atoms with Crippen molar-refractivity contribution in [3.63, 3.8) is 0 Å². The van der Waals surface area contributed by atoms with Crippen molar-refractivity contribution >= 4 is 11.0 Å². The maximum atomic E-state index is 12.5. The molecule has 0 unspecified atom stereocenters. The lowest BCUT2D eigenvalue weighted by atomic mass is 10.1. The molecule has 0 amide bonds. The molecular weight excluding hydrogens is 237 g/mol. The summed E-state index contributed by atoms with van der Waals surface area (Å²) < 4.78 is 27.2. The lowest BCUT2D eigenvalue weighted by molar-refractivity contribution is 0.429. The number of hydrogen-bond acceptors (Lipinski definition) is 1. The highest BCUT2D eigenvalue weighted by Gasteiger charge is 2.23. The zero-order chi connectivity index (χ0) is 12.9. The summed E-state index contributed by atoms with van der Waals surface area (Å²) in [6.07, 6.45) is 0.339. The standard InChI is InChI=1S/C13H20FNOS/c1-13(2,3)17(16)15-12(9-10-14)11-7-5-4-6-8-11/h4-8,12,15H,9-10H2,1-3H3/t12-,17-/m0/s1. The Bertz CT molecular complexity index is 361. The molecule has 0 aromatic heterocycles. The monoisotopic (exact) mass is 257 g/mol. The first-order valence-corrected chi connectivity index (χ1v) is 6.89. The Morgan fingerprint density at radius 1 is 1.29 bits per heavy atom. The fraction of sp³-hybridized carbons (Fsp3) is 0.538. The number of rotatable bonds is 5. The number of benzene rings is 1. The lowest BCUT2D eigenvalue weighted by Crippen LogP contribution is -2.36. The molecule has 0 aliphatic heterocycles. The second kappa shape index (κ2) is 6.26. The van der Waals surface area contributed by atoms with Crippen LogP contribution in [0.3, 0.4) is 0 Å². The van der Waals surface area contributed by atoms with Crippen molar-refractivity contribution < 1.29 is 8.60 Å². The van der Waals surface area contributed by atoms with Crippen LogP contribution in [-0.2, 0) is 11.0 Å². The molecule has 2 atom stereocenters. The smallest absolute Gasteiger partial charge is 0.0975 e. The number of hydrogen-bond donors (Lipinski definition) is 1. The second-order valence-corrected chi connectivity index (χ2v) is 6.94. The van der Waals surface area contributed by atoms with Gasteiger partial charge in [0.15, 0.2) is 0 Å². The van der Waals surface area contributed by atoms with Crippen LogP contribution in [0.1, 0.15) is 38.8 Å². The average molecular weight is 257 g/mol. The molecule has 1 aromatic carbocycles. The van der Waals surface area contributed by atoms with Gasteiger partial charge in [-0.2, -0.15) is 0 Å². The normalized spacial score (nSPS) is 15.5. The Labute approximate surface area is 105 Å². The van der Waals surface area contributed by atoms with Gasteiger partial charge >= 0.3 is 0 Å². The molecular formula is C13H20FNOS. The minimum atomic E-state index is -1.19. The quantitative estimate of drug-likeness (QED) is 0.862. The third-order valence-corrected chi connectivity index (χ3v) is 4.02. The molecule has 2 nitrogen and oxygen atoms in total. The fourth-order valence-electron chi connectivity index (χ4n) is 1.39. The molecule has 1 aromatic rings. The summed E-state index contributed by atoms with van der Waals surface area (Å²) in [5, 5.41) is 0. The molecule has 0 heterocycles. The van der Waals surface area contributed by atoms with Crippen molar-refractivity contribution in [2.45, 2.75) is 38.0 Å². The Kier molecular flexibility index (Phi) is 5.28. The molecule has 17 heavy (non-hydrogen) atoms. The van der Waals surface area contributed by atoms with E-state index in [9.17, 15) is 8.60 Å². The van der Waals surface area contributed by atoms with E-state index in [0.717, 1.165) is 5.56 Å². The van der Waals surface area contributed by atoms with Crippen molar-refractivity contribution in [3.8, 4) is 0 Å². The number of halogens is 1. The number of alkyl halides is 1. The summed E-state index contributed by atoms with van der Waals surface area (Å²) in [6, 6.07) is 9.38. The summed E-state index contributed by atoms with van der Waals surface area (Å²) >= 11 is 0. The fourth-order valence-corrected chi connectivity index (χ4v) is 2.26. The van der Waals surface area contributed by atoms with E-state index in [-0.39, 0.29) is 10.8 Å². The van der Waals surface area contributed by atoms with Crippen molar-refractivity contribution in [2.75, 3.05) is 6.67 Å². The molecule has 1 rings (SSSR count). The Hall–Kier alpha value is -0.740. The maximum absolute atomic E-state index is 12.5. The van der Waals surface area contributed by atoms with Gasteiger partial charge in [0.1, 0.15) is 0 Å². The molecule has 0 saturated heterocycles. The molecule has 0 bridgehead atoms. The van der Waals surface area contributed by atoms with Gasteiger partial charge in [0.2, 0.25) is 0 Å². The zero-order valence-electron chi connectivity index (χ0n) is 10.6. The third kappa shape index (κ3) is 4.56. The van der Waals surface area contributed by atoms with E-state index in [1.807, 2.05) is 51.1 Å². The molecule has 0 aliphatic carbocycles. The van der Waals surface area contributed by atoms with Gasteiger partial charge in [-0.15, -0.1) is 0 Å². The Morgan fingerprint density at radius 3 is 2.35 bits per heavy atom. The summed E-state index contributed by atoms with van der Waals surface area (Å²) in [4.78, 5) is 0.